The van der Waals surface area contributed by atoms with Gasteiger partial charge in [0.15, 0.2) is 0 Å². The Kier molecular flexibility index (Phi) is 4.15. The van der Waals surface area contributed by atoms with Crippen LogP contribution in [0, 0.1) is 5.92 Å². The van der Waals surface area contributed by atoms with E-state index in [-0.39, 0.29) is 23.7 Å². The zero-order chi connectivity index (χ0) is 14.8. The van der Waals surface area contributed by atoms with Crippen molar-refractivity contribution in [1.82, 2.24) is 10.6 Å². The highest BCUT2D eigenvalue weighted by atomic mass is 16.3. The normalized spacial score (nSPS) is 29.7. The van der Waals surface area contributed by atoms with E-state index in [0.717, 1.165) is 12.0 Å². The Morgan fingerprint density at radius 3 is 2.95 bits per heavy atom. The van der Waals surface area contributed by atoms with Crippen LogP contribution in [0.1, 0.15) is 50.6 Å². The Hall–Kier alpha value is -1.55. The molecule has 0 radical (unpaired) electrons. The first kappa shape index (κ1) is 14.4. The third-order valence-corrected chi connectivity index (χ3v) is 4.91. The summed E-state index contributed by atoms with van der Waals surface area (Å²) in [7, 11) is 0. The molecule has 4 atom stereocenters. The second-order valence-corrected chi connectivity index (χ2v) is 6.43. The van der Waals surface area contributed by atoms with Crippen LogP contribution in [0.3, 0.4) is 0 Å². The summed E-state index contributed by atoms with van der Waals surface area (Å²) in [5.74, 6) is 0.990. The van der Waals surface area contributed by atoms with Gasteiger partial charge >= 0.3 is 0 Å². The van der Waals surface area contributed by atoms with Crippen LogP contribution in [0.25, 0.3) is 0 Å². The molecular weight excluding hydrogens is 264 g/mol. The number of hydrogen-bond donors (Lipinski definition) is 3. The monoisotopic (exact) mass is 288 g/mol. The maximum absolute atomic E-state index is 12.4. The van der Waals surface area contributed by atoms with Crippen LogP contribution in [0.5, 0.6) is 5.75 Å². The van der Waals surface area contributed by atoms with Crippen LogP contribution < -0.4 is 10.6 Å². The predicted octanol–water partition coefficient (Wildman–Crippen LogP) is 2.49. The van der Waals surface area contributed by atoms with Crippen molar-refractivity contribution in [2.45, 2.75) is 57.2 Å². The van der Waals surface area contributed by atoms with E-state index in [0.29, 0.717) is 12.0 Å². The first-order chi connectivity index (χ1) is 10.1. The summed E-state index contributed by atoms with van der Waals surface area (Å²) < 4.78 is 0. The summed E-state index contributed by atoms with van der Waals surface area (Å²) in [4.78, 5) is 12.4. The molecule has 0 bridgehead atoms. The van der Waals surface area contributed by atoms with Crippen molar-refractivity contribution in [3.05, 3.63) is 29.8 Å². The third kappa shape index (κ3) is 3.21. The number of phenols is 1. The highest BCUT2D eigenvalue weighted by Crippen LogP contribution is 2.33. The van der Waals surface area contributed by atoms with Crippen LogP contribution in [-0.4, -0.2) is 23.1 Å². The summed E-state index contributed by atoms with van der Waals surface area (Å²) in [6.45, 7) is 1.95. The predicted molar refractivity (Wildman–Crippen MR) is 82.0 cm³/mol. The SMILES string of the molecule is CC(NC(=O)C1CC2CCCCC2N1)c1cccc(O)c1. The number of hydrogen-bond acceptors (Lipinski definition) is 3. The molecule has 4 unspecified atom stereocenters. The second kappa shape index (κ2) is 6.06. The maximum Gasteiger partial charge on any atom is 0.237 e. The minimum Gasteiger partial charge on any atom is -0.508 e. The molecule has 1 aromatic rings. The number of amides is 1. The van der Waals surface area contributed by atoms with Gasteiger partial charge in [-0.2, -0.15) is 0 Å². The van der Waals surface area contributed by atoms with Gasteiger partial charge in [0.1, 0.15) is 5.75 Å². The van der Waals surface area contributed by atoms with Gasteiger partial charge in [0.05, 0.1) is 12.1 Å². The zero-order valence-electron chi connectivity index (χ0n) is 12.5. The van der Waals surface area contributed by atoms with E-state index in [9.17, 15) is 9.90 Å². The molecule has 1 amide bonds. The minimum absolute atomic E-state index is 0.0575. The van der Waals surface area contributed by atoms with Gasteiger partial charge in [-0.15, -0.1) is 0 Å². The maximum atomic E-state index is 12.4. The number of nitrogens with one attached hydrogen (secondary N) is 2. The number of fused-ring (bicyclic) bond motifs is 1. The first-order valence-corrected chi connectivity index (χ1v) is 7.99. The van der Waals surface area contributed by atoms with Crippen LogP contribution in [-0.2, 0) is 4.79 Å². The molecule has 1 aromatic carbocycles. The van der Waals surface area contributed by atoms with Crippen molar-refractivity contribution in [3.63, 3.8) is 0 Å². The molecule has 3 N–H and O–H groups in total. The van der Waals surface area contributed by atoms with E-state index < -0.39 is 0 Å². The number of carbonyl (C=O) groups is 1. The fourth-order valence-corrected chi connectivity index (χ4v) is 3.71. The lowest BCUT2D eigenvalue weighted by Gasteiger charge is -2.24. The standard InChI is InChI=1S/C17H24N2O2/c1-11(12-6-4-7-14(20)9-12)18-17(21)16-10-13-5-2-3-8-15(13)19-16/h4,6-7,9,11,13,15-16,19-20H,2-3,5,8,10H2,1H3,(H,18,21). The number of rotatable bonds is 3. The Bertz CT molecular complexity index is 503. The minimum atomic E-state index is -0.0889. The van der Waals surface area contributed by atoms with Crippen molar-refractivity contribution in [2.75, 3.05) is 0 Å². The van der Waals surface area contributed by atoms with Crippen LogP contribution in [0.4, 0.5) is 0 Å². The van der Waals surface area contributed by atoms with Crippen LogP contribution in [0.15, 0.2) is 24.3 Å². The third-order valence-electron chi connectivity index (χ3n) is 4.91. The van der Waals surface area contributed by atoms with Gasteiger partial charge in [-0.05, 0) is 49.8 Å². The number of aromatic hydroxyl groups is 1. The van der Waals surface area contributed by atoms with E-state index in [1.165, 1.54) is 25.7 Å². The topological polar surface area (TPSA) is 61.4 Å². The second-order valence-electron chi connectivity index (χ2n) is 6.43. The van der Waals surface area contributed by atoms with E-state index in [1.54, 1.807) is 18.2 Å². The summed E-state index contributed by atoms with van der Waals surface area (Å²) >= 11 is 0. The Morgan fingerprint density at radius 2 is 2.19 bits per heavy atom. The largest absolute Gasteiger partial charge is 0.508 e. The lowest BCUT2D eigenvalue weighted by Crippen LogP contribution is -2.43. The quantitative estimate of drug-likeness (QED) is 0.801. The fourth-order valence-electron chi connectivity index (χ4n) is 3.71. The van der Waals surface area contributed by atoms with Gasteiger partial charge in [0.25, 0.3) is 0 Å². The van der Waals surface area contributed by atoms with Crippen molar-refractivity contribution in [1.29, 1.82) is 0 Å². The molecule has 1 aliphatic carbocycles. The highest BCUT2D eigenvalue weighted by molar-refractivity contribution is 5.82. The van der Waals surface area contributed by atoms with Crippen LogP contribution in [0.2, 0.25) is 0 Å². The molecule has 1 aliphatic heterocycles. The average molecular weight is 288 g/mol. The first-order valence-electron chi connectivity index (χ1n) is 7.99. The Morgan fingerprint density at radius 1 is 1.38 bits per heavy atom. The molecule has 0 aromatic heterocycles. The Balaban J connectivity index is 1.59. The average Bonchev–Trinajstić information content (AvgIpc) is 2.91. The van der Waals surface area contributed by atoms with E-state index in [1.807, 2.05) is 13.0 Å². The molecule has 21 heavy (non-hydrogen) atoms. The number of benzene rings is 1. The summed E-state index contributed by atoms with van der Waals surface area (Å²) in [5.41, 5.74) is 0.929. The molecule has 1 saturated heterocycles. The molecule has 0 spiro atoms. The highest BCUT2D eigenvalue weighted by Gasteiger charge is 2.38. The lowest BCUT2D eigenvalue weighted by molar-refractivity contribution is -0.123. The summed E-state index contributed by atoms with van der Waals surface area (Å²) in [6.07, 6.45) is 6.00. The van der Waals surface area contributed by atoms with E-state index in [4.69, 9.17) is 0 Å². The van der Waals surface area contributed by atoms with Gasteiger partial charge in [-0.1, -0.05) is 25.0 Å². The van der Waals surface area contributed by atoms with E-state index >= 15 is 0 Å². The molecular formula is C17H24N2O2. The Labute approximate surface area is 125 Å². The van der Waals surface area contributed by atoms with Gasteiger partial charge in [-0.3, -0.25) is 4.79 Å². The van der Waals surface area contributed by atoms with Gasteiger partial charge < -0.3 is 15.7 Å². The molecule has 2 fully saturated rings. The molecule has 1 saturated carbocycles. The van der Waals surface area contributed by atoms with Crippen LogP contribution >= 0.6 is 0 Å². The fraction of sp³-hybridized carbons (Fsp3) is 0.588. The molecule has 3 rings (SSSR count). The smallest absolute Gasteiger partial charge is 0.237 e. The number of phenolic OH excluding ortho intramolecular Hbond substituents is 1. The van der Waals surface area contributed by atoms with Gasteiger partial charge in [0.2, 0.25) is 5.91 Å². The summed E-state index contributed by atoms with van der Waals surface area (Å²) in [5, 5.41) is 16.1. The molecule has 1 heterocycles. The molecule has 2 aliphatic rings. The van der Waals surface area contributed by atoms with Crippen molar-refractivity contribution in [2.24, 2.45) is 5.92 Å². The van der Waals surface area contributed by atoms with Gasteiger partial charge in [-0.25, -0.2) is 0 Å². The van der Waals surface area contributed by atoms with Crippen molar-refractivity contribution >= 4 is 5.91 Å². The van der Waals surface area contributed by atoms with Crippen molar-refractivity contribution in [3.8, 4) is 5.75 Å². The number of carbonyl (C=O) groups excluding carboxylic acids is 1. The summed E-state index contributed by atoms with van der Waals surface area (Å²) in [6, 6.07) is 7.45. The van der Waals surface area contributed by atoms with Gasteiger partial charge in [0, 0.05) is 6.04 Å². The lowest BCUT2D eigenvalue weighted by atomic mass is 9.85. The molecule has 4 nitrogen and oxygen atoms in total. The van der Waals surface area contributed by atoms with E-state index in [2.05, 4.69) is 10.6 Å². The molecule has 114 valence electrons. The zero-order valence-corrected chi connectivity index (χ0v) is 12.5. The molecule has 4 heteroatoms. The van der Waals surface area contributed by atoms with Crippen molar-refractivity contribution < 1.29 is 9.90 Å².